The van der Waals surface area contributed by atoms with E-state index in [-0.39, 0.29) is 43.6 Å². The third-order valence-electron chi connectivity index (χ3n) is 3.78. The van der Waals surface area contributed by atoms with Crippen LogP contribution in [-0.2, 0) is 14.3 Å². The van der Waals surface area contributed by atoms with Crippen LogP contribution >= 0.6 is 0 Å². The van der Waals surface area contributed by atoms with E-state index in [0.29, 0.717) is 0 Å². The Morgan fingerprint density at radius 2 is 1.32 bits per heavy atom. The van der Waals surface area contributed by atoms with Gasteiger partial charge in [0, 0.05) is 20.1 Å². The molecule has 0 rings (SSSR count). The number of ether oxygens (including phenoxy) is 2. The molecule has 0 aromatic rings. The van der Waals surface area contributed by atoms with Crippen molar-refractivity contribution in [3.05, 3.63) is 0 Å². The minimum absolute atomic E-state index is 0. The third-order valence-corrected chi connectivity index (χ3v) is 3.78. The first-order valence-electron chi connectivity index (χ1n) is 9.97. The number of carbonyl (C=O) groups is 1. The molecular formula is C20H43NaO4. The third kappa shape index (κ3) is 32.5. The van der Waals surface area contributed by atoms with Crippen molar-refractivity contribution < 1.29 is 50.4 Å². The smallest absolute Gasteiger partial charge is 1.00 e. The topological polar surface area (TPSA) is 55.8 Å². The van der Waals surface area contributed by atoms with Crippen LogP contribution in [-0.4, -0.2) is 37.0 Å². The molecular weight excluding hydrogens is 327 g/mol. The van der Waals surface area contributed by atoms with E-state index in [0.717, 1.165) is 26.1 Å². The zero-order valence-electron chi connectivity index (χ0n) is 18.6. The normalized spacial score (nSPS) is 11.1. The Hall–Kier alpha value is 0.390. The molecule has 0 aromatic heterocycles. The first-order chi connectivity index (χ1) is 11.6. The first-order valence-corrected chi connectivity index (χ1v) is 9.97. The minimum atomic E-state index is -0.488. The Kier molecular flexibility index (Phi) is 32.1. The van der Waals surface area contributed by atoms with E-state index >= 15 is 0 Å². The second-order valence-electron chi connectivity index (χ2n) is 6.21. The van der Waals surface area contributed by atoms with E-state index in [2.05, 4.69) is 6.92 Å². The van der Waals surface area contributed by atoms with Crippen LogP contribution in [0.15, 0.2) is 0 Å². The number of esters is 1. The quantitative estimate of drug-likeness (QED) is 0.273. The maximum Gasteiger partial charge on any atom is 1.00 e. The maximum atomic E-state index is 10.6. The van der Waals surface area contributed by atoms with Gasteiger partial charge in [-0.25, -0.2) is 0 Å². The van der Waals surface area contributed by atoms with Crippen molar-refractivity contribution in [3.63, 3.8) is 0 Å². The molecule has 0 amide bonds. The summed E-state index contributed by atoms with van der Waals surface area (Å²) in [6.45, 7) is 9.43. The molecule has 1 atom stereocenters. The van der Waals surface area contributed by atoms with Gasteiger partial charge in [-0.1, -0.05) is 71.1 Å². The standard InChI is InChI=1S/C16H32O3.C4H10O.Na.H/c1-3-4-5-6-7-8-9-10-11-12-13-16(18)14-19-15(2)17;1-3-5-4-2;;/h16,18H,3-14H2,1-2H3;3-4H2,1-2H3;;/q;;+1;-1. The van der Waals surface area contributed by atoms with E-state index in [9.17, 15) is 9.90 Å². The van der Waals surface area contributed by atoms with Gasteiger partial charge in [0.25, 0.3) is 0 Å². The second-order valence-corrected chi connectivity index (χ2v) is 6.21. The van der Waals surface area contributed by atoms with Gasteiger partial charge in [0.05, 0.1) is 6.10 Å². The van der Waals surface area contributed by atoms with Gasteiger partial charge in [0.1, 0.15) is 6.61 Å². The van der Waals surface area contributed by atoms with Crippen LogP contribution < -0.4 is 29.6 Å². The number of unbranched alkanes of at least 4 members (excludes halogenated alkanes) is 9. The van der Waals surface area contributed by atoms with E-state index < -0.39 is 6.10 Å². The molecule has 0 radical (unpaired) electrons. The molecule has 0 heterocycles. The Balaban J connectivity index is -0.000000304. The summed E-state index contributed by atoms with van der Waals surface area (Å²) < 4.78 is 9.59. The van der Waals surface area contributed by atoms with Crippen molar-refractivity contribution in [3.8, 4) is 0 Å². The van der Waals surface area contributed by atoms with Crippen molar-refractivity contribution in [1.82, 2.24) is 0 Å². The van der Waals surface area contributed by atoms with Crippen LogP contribution in [0.1, 0.15) is 99.8 Å². The van der Waals surface area contributed by atoms with Gasteiger partial charge in [-0.2, -0.15) is 0 Å². The summed E-state index contributed by atoms with van der Waals surface area (Å²) >= 11 is 0. The average molecular weight is 371 g/mol. The molecule has 0 aliphatic rings. The molecule has 0 aliphatic heterocycles. The summed E-state index contributed by atoms with van der Waals surface area (Å²) in [6, 6.07) is 0. The summed E-state index contributed by atoms with van der Waals surface area (Å²) in [5.74, 6) is -0.317. The van der Waals surface area contributed by atoms with Gasteiger partial charge in [-0.3, -0.25) is 4.79 Å². The van der Waals surface area contributed by atoms with E-state index in [4.69, 9.17) is 9.47 Å². The van der Waals surface area contributed by atoms with E-state index in [1.54, 1.807) is 0 Å². The number of carbonyl (C=O) groups excluding carboxylic acids is 1. The predicted octanol–water partition coefficient (Wildman–Crippen LogP) is 2.38. The monoisotopic (exact) mass is 370 g/mol. The number of aliphatic hydroxyl groups is 1. The Morgan fingerprint density at radius 1 is 0.880 bits per heavy atom. The van der Waals surface area contributed by atoms with Crippen molar-refractivity contribution in [1.29, 1.82) is 0 Å². The molecule has 0 saturated carbocycles. The fourth-order valence-corrected chi connectivity index (χ4v) is 2.37. The second kappa shape index (κ2) is 26.6. The summed E-state index contributed by atoms with van der Waals surface area (Å²) in [6.07, 6.45) is 13.2. The fraction of sp³-hybridized carbons (Fsp3) is 0.950. The van der Waals surface area contributed by atoms with Gasteiger partial charge in [-0.15, -0.1) is 0 Å². The van der Waals surface area contributed by atoms with Crippen LogP contribution in [0.2, 0.25) is 0 Å². The maximum absolute atomic E-state index is 10.6. The molecule has 5 heteroatoms. The van der Waals surface area contributed by atoms with Crippen molar-refractivity contribution in [2.75, 3.05) is 19.8 Å². The molecule has 1 unspecified atom stereocenters. The molecule has 148 valence electrons. The number of hydrogen-bond acceptors (Lipinski definition) is 4. The van der Waals surface area contributed by atoms with E-state index in [1.807, 2.05) is 13.8 Å². The number of aliphatic hydroxyl groups excluding tert-OH is 1. The molecule has 0 aliphatic carbocycles. The van der Waals surface area contributed by atoms with Crippen LogP contribution in [0, 0.1) is 0 Å². The summed E-state index contributed by atoms with van der Waals surface area (Å²) in [5, 5.41) is 9.54. The number of rotatable bonds is 15. The van der Waals surface area contributed by atoms with Gasteiger partial charge in [-0.05, 0) is 20.3 Å². The summed E-state index contributed by atoms with van der Waals surface area (Å²) in [5.41, 5.74) is 0. The van der Waals surface area contributed by atoms with E-state index in [1.165, 1.54) is 64.7 Å². The van der Waals surface area contributed by atoms with Crippen LogP contribution in [0.3, 0.4) is 0 Å². The number of hydrogen-bond donors (Lipinski definition) is 1. The molecule has 0 aromatic carbocycles. The average Bonchev–Trinajstić information content (AvgIpc) is 2.56. The Labute approximate surface area is 180 Å². The molecule has 0 fully saturated rings. The zero-order valence-corrected chi connectivity index (χ0v) is 19.6. The van der Waals surface area contributed by atoms with Gasteiger partial charge >= 0.3 is 35.5 Å². The molecule has 0 bridgehead atoms. The molecule has 1 N–H and O–H groups in total. The van der Waals surface area contributed by atoms with Crippen LogP contribution in [0.5, 0.6) is 0 Å². The van der Waals surface area contributed by atoms with Gasteiger partial charge < -0.3 is 16.0 Å². The van der Waals surface area contributed by atoms with Crippen LogP contribution in [0.4, 0.5) is 0 Å². The SMILES string of the molecule is CCCCCCCCCCCCC(O)COC(C)=O.CCOCC.[H-].[Na+]. The fourth-order valence-electron chi connectivity index (χ4n) is 2.37. The molecule has 25 heavy (non-hydrogen) atoms. The first kappa shape index (κ1) is 30.1. The molecule has 0 saturated heterocycles. The van der Waals surface area contributed by atoms with Crippen molar-refractivity contribution in [2.45, 2.75) is 104 Å². The Morgan fingerprint density at radius 3 is 1.68 bits per heavy atom. The molecule has 0 spiro atoms. The zero-order chi connectivity index (χ0) is 18.5. The van der Waals surface area contributed by atoms with Gasteiger partial charge in [0.2, 0.25) is 0 Å². The van der Waals surface area contributed by atoms with Crippen molar-refractivity contribution >= 4 is 5.97 Å². The predicted molar refractivity (Wildman–Crippen MR) is 102 cm³/mol. The summed E-state index contributed by atoms with van der Waals surface area (Å²) in [7, 11) is 0. The largest absolute Gasteiger partial charge is 1.00 e. The molecule has 4 nitrogen and oxygen atoms in total. The minimum Gasteiger partial charge on any atom is -1.00 e. The summed E-state index contributed by atoms with van der Waals surface area (Å²) in [4.78, 5) is 10.6. The Bertz CT molecular complexity index is 254. The van der Waals surface area contributed by atoms with Gasteiger partial charge in [0.15, 0.2) is 0 Å². The van der Waals surface area contributed by atoms with Crippen LogP contribution in [0.25, 0.3) is 0 Å². The van der Waals surface area contributed by atoms with Crippen molar-refractivity contribution in [2.24, 2.45) is 0 Å².